The van der Waals surface area contributed by atoms with Crippen molar-refractivity contribution in [3.8, 4) is 5.75 Å². The van der Waals surface area contributed by atoms with E-state index < -0.39 is 12.8 Å². The van der Waals surface area contributed by atoms with Crippen LogP contribution in [0.25, 0.3) is 0 Å². The molecule has 0 spiro atoms. The van der Waals surface area contributed by atoms with Gasteiger partial charge in [0.25, 0.3) is 0 Å². The summed E-state index contributed by atoms with van der Waals surface area (Å²) in [4.78, 5) is -0.0667. The molecular weight excluding hydrogens is 393 g/mol. The highest BCUT2D eigenvalue weighted by Crippen LogP contribution is 2.33. The maximum absolute atomic E-state index is 11.9. The molecule has 0 amide bonds. The minimum atomic E-state index is -4.27. The van der Waals surface area contributed by atoms with Crippen LogP contribution in [0.2, 0.25) is 0 Å². The normalized spacial score (nSPS) is 13.4. The fourth-order valence-corrected chi connectivity index (χ4v) is 2.45. The molecule has 1 atom stereocenters. The Morgan fingerprint density at radius 3 is 2.53 bits per heavy atom. The quantitative estimate of drug-likeness (QED) is 0.496. The second-order valence-electron chi connectivity index (χ2n) is 3.82. The highest BCUT2D eigenvalue weighted by molar-refractivity contribution is 9.10. The smallest absolute Gasteiger partial charge is 0.411 e. The summed E-state index contributed by atoms with van der Waals surface area (Å²) >= 11 is 6.78. The van der Waals surface area contributed by atoms with Gasteiger partial charge >= 0.3 is 6.18 Å². The van der Waals surface area contributed by atoms with Crippen molar-refractivity contribution in [2.45, 2.75) is 17.4 Å². The Bertz CT molecular complexity index is 410. The zero-order chi connectivity index (χ0) is 14.5. The zero-order valence-corrected chi connectivity index (χ0v) is 13.3. The summed E-state index contributed by atoms with van der Waals surface area (Å²) in [5, 5.41) is 0. The predicted octanol–water partition coefficient (Wildman–Crippen LogP) is 4.86. The van der Waals surface area contributed by atoms with Crippen LogP contribution < -0.4 is 4.74 Å². The summed E-state index contributed by atoms with van der Waals surface area (Å²) in [7, 11) is 1.57. The van der Waals surface area contributed by atoms with Gasteiger partial charge in [-0.05, 0) is 40.0 Å². The van der Waals surface area contributed by atoms with E-state index in [4.69, 9.17) is 4.74 Å². The van der Waals surface area contributed by atoms with Crippen LogP contribution in [-0.2, 0) is 4.74 Å². The van der Waals surface area contributed by atoms with E-state index in [2.05, 4.69) is 36.6 Å². The lowest BCUT2D eigenvalue weighted by molar-refractivity contribution is -0.174. The molecule has 0 saturated carbocycles. The monoisotopic (exact) mass is 404 g/mol. The molecule has 0 fully saturated rings. The summed E-state index contributed by atoms with van der Waals surface area (Å²) in [5.41, 5.74) is 0.947. The third kappa shape index (κ3) is 6.14. The second-order valence-corrected chi connectivity index (χ2v) is 5.78. The van der Waals surface area contributed by atoms with E-state index in [1.165, 1.54) is 0 Å². The molecule has 0 aliphatic rings. The van der Waals surface area contributed by atoms with Crippen LogP contribution in [-0.4, -0.2) is 26.5 Å². The molecule has 0 bridgehead atoms. The molecule has 7 heteroatoms. The van der Waals surface area contributed by atoms with E-state index in [0.717, 1.165) is 10.0 Å². The van der Waals surface area contributed by atoms with E-state index in [1.807, 2.05) is 12.1 Å². The number of ether oxygens (including phenoxy) is 2. The number of hydrogen-bond acceptors (Lipinski definition) is 2. The highest BCUT2D eigenvalue weighted by Gasteiger charge is 2.27. The van der Waals surface area contributed by atoms with Crippen LogP contribution in [0.15, 0.2) is 22.7 Å². The van der Waals surface area contributed by atoms with Crippen LogP contribution in [0.4, 0.5) is 13.2 Å². The van der Waals surface area contributed by atoms with E-state index in [-0.39, 0.29) is 11.4 Å². The van der Waals surface area contributed by atoms with Gasteiger partial charge in [-0.3, -0.25) is 0 Å². The molecular formula is C12H13Br2F3O2. The lowest BCUT2D eigenvalue weighted by Crippen LogP contribution is -2.17. The first-order chi connectivity index (χ1) is 8.83. The minimum Gasteiger partial charge on any atom is -0.496 e. The van der Waals surface area contributed by atoms with Crippen molar-refractivity contribution in [3.63, 3.8) is 0 Å². The predicted molar refractivity (Wildman–Crippen MR) is 73.9 cm³/mol. The molecule has 0 radical (unpaired) electrons. The average Bonchev–Trinajstić information content (AvgIpc) is 2.33. The Morgan fingerprint density at radius 1 is 1.32 bits per heavy atom. The van der Waals surface area contributed by atoms with Crippen molar-refractivity contribution >= 4 is 31.9 Å². The third-order valence-corrected chi connectivity index (χ3v) is 3.93. The molecule has 2 nitrogen and oxygen atoms in total. The standard InChI is InChI=1S/C12H13Br2F3O2/c1-18-11-3-2-8(6-10(11)14)9(13)4-5-19-7-12(15,16)17/h2-3,6,9H,4-5,7H2,1H3. The fraction of sp³-hybridized carbons (Fsp3) is 0.500. The fourth-order valence-electron chi connectivity index (χ4n) is 1.42. The third-order valence-electron chi connectivity index (χ3n) is 2.32. The van der Waals surface area contributed by atoms with E-state index in [9.17, 15) is 13.2 Å². The first-order valence-electron chi connectivity index (χ1n) is 5.45. The summed E-state index contributed by atoms with van der Waals surface area (Å²) in [6.07, 6.45) is -3.82. The van der Waals surface area contributed by atoms with Crippen molar-refractivity contribution in [2.24, 2.45) is 0 Å². The maximum Gasteiger partial charge on any atom is 0.411 e. The number of benzene rings is 1. The van der Waals surface area contributed by atoms with Gasteiger partial charge in [0.2, 0.25) is 0 Å². The molecule has 1 aromatic rings. The van der Waals surface area contributed by atoms with Gasteiger partial charge in [0.1, 0.15) is 12.4 Å². The second kappa shape index (κ2) is 7.50. The van der Waals surface area contributed by atoms with Gasteiger partial charge in [-0.15, -0.1) is 0 Å². The van der Waals surface area contributed by atoms with E-state index in [0.29, 0.717) is 12.2 Å². The van der Waals surface area contributed by atoms with Gasteiger partial charge in [-0.25, -0.2) is 0 Å². The Hall–Kier alpha value is -0.270. The largest absolute Gasteiger partial charge is 0.496 e. The molecule has 108 valence electrons. The Labute approximate surface area is 126 Å². The number of rotatable bonds is 6. The van der Waals surface area contributed by atoms with Crippen molar-refractivity contribution in [1.29, 1.82) is 0 Å². The molecule has 0 heterocycles. The molecule has 1 aromatic carbocycles. The molecule has 0 N–H and O–H groups in total. The average molecular weight is 406 g/mol. The van der Waals surface area contributed by atoms with Crippen LogP contribution >= 0.6 is 31.9 Å². The molecule has 0 saturated heterocycles. The van der Waals surface area contributed by atoms with Crippen molar-refractivity contribution < 1.29 is 22.6 Å². The number of hydrogen-bond donors (Lipinski definition) is 0. The van der Waals surface area contributed by atoms with Crippen LogP contribution in [0.3, 0.4) is 0 Å². The maximum atomic E-state index is 11.9. The first-order valence-corrected chi connectivity index (χ1v) is 7.16. The van der Waals surface area contributed by atoms with Crippen molar-refractivity contribution in [1.82, 2.24) is 0 Å². The van der Waals surface area contributed by atoms with Gasteiger partial charge < -0.3 is 9.47 Å². The number of halogens is 5. The van der Waals surface area contributed by atoms with Gasteiger partial charge in [-0.2, -0.15) is 13.2 Å². The topological polar surface area (TPSA) is 18.5 Å². The first kappa shape index (κ1) is 16.8. The summed E-state index contributed by atoms with van der Waals surface area (Å²) in [6, 6.07) is 5.51. The minimum absolute atomic E-state index is 0.0407. The Kier molecular flexibility index (Phi) is 6.62. The Morgan fingerprint density at radius 2 is 2.00 bits per heavy atom. The molecule has 19 heavy (non-hydrogen) atoms. The van der Waals surface area contributed by atoms with E-state index in [1.54, 1.807) is 13.2 Å². The van der Waals surface area contributed by atoms with Gasteiger partial charge in [0, 0.05) is 11.4 Å². The summed E-state index contributed by atoms with van der Waals surface area (Å²) in [6.45, 7) is -1.17. The van der Waals surface area contributed by atoms with Gasteiger partial charge in [0.05, 0.1) is 11.6 Å². The van der Waals surface area contributed by atoms with Gasteiger partial charge in [-0.1, -0.05) is 22.0 Å². The van der Waals surface area contributed by atoms with Crippen LogP contribution in [0, 0.1) is 0 Å². The number of methoxy groups -OCH3 is 1. The van der Waals surface area contributed by atoms with Crippen molar-refractivity contribution in [3.05, 3.63) is 28.2 Å². The van der Waals surface area contributed by atoms with Crippen LogP contribution in [0.5, 0.6) is 5.75 Å². The Balaban J connectivity index is 2.45. The molecule has 0 aromatic heterocycles. The lowest BCUT2D eigenvalue weighted by Gasteiger charge is -2.13. The lowest BCUT2D eigenvalue weighted by atomic mass is 10.1. The summed E-state index contributed by atoms with van der Waals surface area (Å²) < 4.78 is 46.1. The van der Waals surface area contributed by atoms with Crippen LogP contribution in [0.1, 0.15) is 16.8 Å². The molecule has 1 rings (SSSR count). The zero-order valence-electron chi connectivity index (χ0n) is 10.1. The van der Waals surface area contributed by atoms with Crippen molar-refractivity contribution in [2.75, 3.05) is 20.3 Å². The number of alkyl halides is 4. The summed E-state index contributed by atoms with van der Waals surface area (Å²) in [5.74, 6) is 0.705. The molecule has 0 aliphatic heterocycles. The van der Waals surface area contributed by atoms with E-state index >= 15 is 0 Å². The molecule has 0 aliphatic carbocycles. The SMILES string of the molecule is COc1ccc(C(Br)CCOCC(F)(F)F)cc1Br. The van der Waals surface area contributed by atoms with Gasteiger partial charge in [0.15, 0.2) is 0 Å². The highest BCUT2D eigenvalue weighted by atomic mass is 79.9. The molecule has 1 unspecified atom stereocenters.